The van der Waals surface area contributed by atoms with Crippen LogP contribution in [0.5, 0.6) is 0 Å². The van der Waals surface area contributed by atoms with Crippen LogP contribution in [-0.4, -0.2) is 13.7 Å². The molecule has 1 aromatic carbocycles. The second kappa shape index (κ2) is 6.12. The fourth-order valence-electron chi connectivity index (χ4n) is 2.17. The van der Waals surface area contributed by atoms with Gasteiger partial charge >= 0.3 is 0 Å². The second-order valence-corrected chi connectivity index (χ2v) is 4.59. The second-order valence-electron chi connectivity index (χ2n) is 4.59. The van der Waals surface area contributed by atoms with Gasteiger partial charge in [0.1, 0.15) is 5.82 Å². The maximum atomic E-state index is 13.3. The molecule has 0 aromatic heterocycles. The summed E-state index contributed by atoms with van der Waals surface area (Å²) in [7, 11) is 1.68. The van der Waals surface area contributed by atoms with E-state index in [4.69, 9.17) is 10.5 Å². The molecule has 0 spiro atoms. The quantitative estimate of drug-likeness (QED) is 0.828. The molecule has 0 aliphatic carbocycles. The molecule has 1 aromatic rings. The summed E-state index contributed by atoms with van der Waals surface area (Å²) >= 11 is 0. The number of benzene rings is 1. The first kappa shape index (κ1) is 14.1. The van der Waals surface area contributed by atoms with Crippen LogP contribution in [0, 0.1) is 11.7 Å². The highest BCUT2D eigenvalue weighted by atomic mass is 19.1. The predicted molar refractivity (Wildman–Crippen MR) is 68.2 cm³/mol. The van der Waals surface area contributed by atoms with Crippen molar-refractivity contribution in [3.63, 3.8) is 0 Å². The topological polar surface area (TPSA) is 35.2 Å². The lowest BCUT2D eigenvalue weighted by Crippen LogP contribution is -2.43. The number of halogens is 1. The maximum Gasteiger partial charge on any atom is 0.123 e. The fraction of sp³-hybridized carbons (Fsp3) is 0.571. The Labute approximate surface area is 103 Å². The molecule has 2 unspecified atom stereocenters. The third-order valence-corrected chi connectivity index (χ3v) is 3.58. The van der Waals surface area contributed by atoms with Gasteiger partial charge < -0.3 is 10.5 Å². The van der Waals surface area contributed by atoms with Gasteiger partial charge in [-0.25, -0.2) is 4.39 Å². The first-order chi connectivity index (χ1) is 8.04. The Hall–Kier alpha value is -0.930. The molecule has 0 amide bonds. The Bertz CT molecular complexity index is 356. The van der Waals surface area contributed by atoms with Crippen molar-refractivity contribution in [1.82, 2.24) is 0 Å². The molecule has 0 heterocycles. The van der Waals surface area contributed by atoms with E-state index in [2.05, 4.69) is 6.92 Å². The summed E-state index contributed by atoms with van der Waals surface area (Å²) in [6.07, 6.45) is 1.65. The van der Waals surface area contributed by atoms with Crippen molar-refractivity contribution >= 4 is 0 Å². The zero-order valence-corrected chi connectivity index (χ0v) is 10.9. The summed E-state index contributed by atoms with van der Waals surface area (Å²) in [5, 5.41) is 0. The van der Waals surface area contributed by atoms with E-state index in [1.165, 1.54) is 12.1 Å². The number of methoxy groups -OCH3 is 1. The van der Waals surface area contributed by atoms with E-state index >= 15 is 0 Å². The van der Waals surface area contributed by atoms with Crippen molar-refractivity contribution < 1.29 is 9.13 Å². The van der Waals surface area contributed by atoms with Crippen molar-refractivity contribution in [2.45, 2.75) is 32.2 Å². The summed E-state index contributed by atoms with van der Waals surface area (Å²) in [6, 6.07) is 6.59. The first-order valence-electron chi connectivity index (χ1n) is 6.08. The van der Waals surface area contributed by atoms with Crippen LogP contribution >= 0.6 is 0 Å². The molecular weight excluding hydrogens is 217 g/mol. The Morgan fingerprint density at radius 2 is 2.18 bits per heavy atom. The molecule has 0 fully saturated rings. The molecular formula is C14H22FNO. The fourth-order valence-corrected chi connectivity index (χ4v) is 2.17. The van der Waals surface area contributed by atoms with Crippen LogP contribution in [0.15, 0.2) is 24.3 Å². The molecule has 0 saturated carbocycles. The zero-order valence-electron chi connectivity index (χ0n) is 10.9. The molecule has 2 nitrogen and oxygen atoms in total. The monoisotopic (exact) mass is 239 g/mol. The van der Waals surface area contributed by atoms with Crippen LogP contribution < -0.4 is 5.73 Å². The van der Waals surface area contributed by atoms with Crippen LogP contribution in [-0.2, 0) is 10.3 Å². The minimum Gasteiger partial charge on any atom is -0.385 e. The predicted octanol–water partition coefficient (Wildman–Crippen LogP) is 3.06. The highest BCUT2D eigenvalue weighted by Crippen LogP contribution is 2.32. The van der Waals surface area contributed by atoms with E-state index in [1.807, 2.05) is 13.0 Å². The Morgan fingerprint density at radius 1 is 1.47 bits per heavy atom. The smallest absolute Gasteiger partial charge is 0.123 e. The molecule has 96 valence electrons. The number of hydrogen-bond donors (Lipinski definition) is 1. The average molecular weight is 239 g/mol. The van der Waals surface area contributed by atoms with Crippen molar-refractivity contribution in [2.75, 3.05) is 13.7 Å². The minimum atomic E-state index is -0.485. The normalized spacial score (nSPS) is 16.5. The van der Waals surface area contributed by atoms with Crippen LogP contribution in [0.3, 0.4) is 0 Å². The van der Waals surface area contributed by atoms with Gasteiger partial charge in [-0.1, -0.05) is 26.0 Å². The van der Waals surface area contributed by atoms with E-state index in [0.717, 1.165) is 18.4 Å². The Balaban J connectivity index is 2.94. The average Bonchev–Trinajstić information content (AvgIpc) is 2.34. The third-order valence-electron chi connectivity index (χ3n) is 3.58. The van der Waals surface area contributed by atoms with E-state index in [1.54, 1.807) is 13.2 Å². The van der Waals surface area contributed by atoms with Crippen LogP contribution in [0.2, 0.25) is 0 Å². The lowest BCUT2D eigenvalue weighted by molar-refractivity contribution is 0.152. The number of ether oxygens (including phenoxy) is 1. The minimum absolute atomic E-state index is 0.232. The molecule has 0 aliphatic heterocycles. The lowest BCUT2D eigenvalue weighted by Gasteiger charge is -2.35. The van der Waals surface area contributed by atoms with Crippen molar-refractivity contribution in [1.29, 1.82) is 0 Å². The number of nitrogens with two attached hydrogens (primary N) is 1. The third kappa shape index (κ3) is 3.27. The van der Waals surface area contributed by atoms with Crippen LogP contribution in [0.1, 0.15) is 32.3 Å². The van der Waals surface area contributed by atoms with Gasteiger partial charge in [0.15, 0.2) is 0 Å². The molecule has 0 radical (unpaired) electrons. The van der Waals surface area contributed by atoms with Gasteiger partial charge in [0.2, 0.25) is 0 Å². The van der Waals surface area contributed by atoms with Gasteiger partial charge in [-0.05, 0) is 36.5 Å². The Morgan fingerprint density at radius 3 is 2.71 bits per heavy atom. The molecule has 2 N–H and O–H groups in total. The van der Waals surface area contributed by atoms with E-state index in [9.17, 15) is 4.39 Å². The van der Waals surface area contributed by atoms with E-state index in [-0.39, 0.29) is 11.7 Å². The molecule has 0 aliphatic rings. The van der Waals surface area contributed by atoms with Gasteiger partial charge in [0, 0.05) is 19.3 Å². The largest absolute Gasteiger partial charge is 0.385 e. The zero-order chi connectivity index (χ0) is 12.9. The van der Waals surface area contributed by atoms with Gasteiger partial charge in [-0.15, -0.1) is 0 Å². The highest BCUT2D eigenvalue weighted by Gasteiger charge is 2.31. The first-order valence-corrected chi connectivity index (χ1v) is 6.08. The summed E-state index contributed by atoms with van der Waals surface area (Å²) in [5.41, 5.74) is 6.83. The summed E-state index contributed by atoms with van der Waals surface area (Å²) in [5.74, 6) is 0.0129. The highest BCUT2D eigenvalue weighted by molar-refractivity contribution is 5.25. The molecule has 0 bridgehead atoms. The number of rotatable bonds is 6. The molecule has 0 saturated heterocycles. The summed E-state index contributed by atoms with van der Waals surface area (Å²) < 4.78 is 18.4. The van der Waals surface area contributed by atoms with E-state index < -0.39 is 5.54 Å². The molecule has 3 heteroatoms. The summed E-state index contributed by atoms with van der Waals surface area (Å²) in [6.45, 7) is 4.80. The lowest BCUT2D eigenvalue weighted by atomic mass is 9.76. The van der Waals surface area contributed by atoms with Gasteiger partial charge in [-0.2, -0.15) is 0 Å². The van der Waals surface area contributed by atoms with Gasteiger partial charge in [0.25, 0.3) is 0 Å². The van der Waals surface area contributed by atoms with Gasteiger partial charge in [-0.3, -0.25) is 0 Å². The van der Waals surface area contributed by atoms with Gasteiger partial charge in [0.05, 0.1) is 0 Å². The van der Waals surface area contributed by atoms with Crippen molar-refractivity contribution in [2.24, 2.45) is 11.7 Å². The van der Waals surface area contributed by atoms with Crippen molar-refractivity contribution in [3.8, 4) is 0 Å². The van der Waals surface area contributed by atoms with Crippen LogP contribution in [0.4, 0.5) is 4.39 Å². The molecule has 1 rings (SSSR count). The van der Waals surface area contributed by atoms with E-state index in [0.29, 0.717) is 6.61 Å². The van der Waals surface area contributed by atoms with Crippen molar-refractivity contribution in [3.05, 3.63) is 35.6 Å². The SMILES string of the molecule is CCC(N)(c1cccc(F)c1)C(C)CCOC. The maximum absolute atomic E-state index is 13.3. The molecule has 2 atom stereocenters. The standard InChI is InChI=1S/C14H22FNO/c1-4-14(16,11(2)8-9-17-3)12-6-5-7-13(15)10-12/h5-7,10-11H,4,8-9,16H2,1-3H3. The number of hydrogen-bond acceptors (Lipinski definition) is 2. The van der Waals surface area contributed by atoms with Crippen LogP contribution in [0.25, 0.3) is 0 Å². The summed E-state index contributed by atoms with van der Waals surface area (Å²) in [4.78, 5) is 0. The Kier molecular flexibility index (Phi) is 5.09. The molecule has 17 heavy (non-hydrogen) atoms.